The molecule has 1 N–H and O–H groups in total. The van der Waals surface area contributed by atoms with Gasteiger partial charge in [0.2, 0.25) is 0 Å². The first-order valence-corrected chi connectivity index (χ1v) is 8.25. The van der Waals surface area contributed by atoms with Crippen molar-refractivity contribution in [2.45, 2.75) is 38.8 Å². The molecule has 3 nitrogen and oxygen atoms in total. The molecule has 0 aliphatic heterocycles. The van der Waals surface area contributed by atoms with Crippen LogP contribution in [0.1, 0.15) is 38.3 Å². The van der Waals surface area contributed by atoms with E-state index in [2.05, 4.69) is 58.2 Å². The predicted octanol–water partition coefficient (Wildman–Crippen LogP) is 3.73. The van der Waals surface area contributed by atoms with Gasteiger partial charge in [0.1, 0.15) is 0 Å². The number of benzene rings is 1. The minimum atomic E-state index is 0.372. The maximum absolute atomic E-state index is 5.23. The molecule has 1 saturated carbocycles. The number of ether oxygens (including phenoxy) is 1. The molecule has 1 fully saturated rings. The molecule has 1 aliphatic rings. The van der Waals surface area contributed by atoms with Gasteiger partial charge in [0, 0.05) is 35.9 Å². The fourth-order valence-electron chi connectivity index (χ4n) is 2.56. The monoisotopic (exact) mass is 340 g/mol. The van der Waals surface area contributed by atoms with Crippen LogP contribution in [0.3, 0.4) is 0 Å². The number of hydrogen-bond acceptors (Lipinski definition) is 3. The molecule has 4 heteroatoms. The van der Waals surface area contributed by atoms with Gasteiger partial charge >= 0.3 is 0 Å². The Morgan fingerprint density at radius 2 is 2.20 bits per heavy atom. The van der Waals surface area contributed by atoms with E-state index in [1.165, 1.54) is 28.6 Å². The number of rotatable bonds is 8. The van der Waals surface area contributed by atoms with Crippen molar-refractivity contribution >= 4 is 21.6 Å². The summed E-state index contributed by atoms with van der Waals surface area (Å²) in [6.07, 6.45) is 2.60. The summed E-state index contributed by atoms with van der Waals surface area (Å²) < 4.78 is 6.42. The lowest BCUT2D eigenvalue weighted by Gasteiger charge is -2.25. The normalized spacial score (nSPS) is 16.2. The zero-order valence-electron chi connectivity index (χ0n) is 12.7. The number of anilines is 1. The SMILES string of the molecule is CCNC(C)c1ccc(N(CCOC)C2CC2)cc1Br. The van der Waals surface area contributed by atoms with Crippen molar-refractivity contribution in [3.63, 3.8) is 0 Å². The third-order valence-electron chi connectivity index (χ3n) is 3.82. The maximum Gasteiger partial charge on any atom is 0.0637 e. The zero-order chi connectivity index (χ0) is 14.5. The molecule has 0 bridgehead atoms. The molecule has 0 heterocycles. The van der Waals surface area contributed by atoms with Gasteiger partial charge in [-0.05, 0) is 44.0 Å². The summed E-state index contributed by atoms with van der Waals surface area (Å²) in [5, 5.41) is 3.46. The van der Waals surface area contributed by atoms with Crippen LogP contribution in [-0.4, -0.2) is 32.8 Å². The Kier molecular flexibility index (Phi) is 5.87. The lowest BCUT2D eigenvalue weighted by atomic mass is 10.1. The first kappa shape index (κ1) is 15.8. The number of nitrogens with one attached hydrogen (secondary N) is 1. The van der Waals surface area contributed by atoms with Crippen LogP contribution in [0, 0.1) is 0 Å². The predicted molar refractivity (Wildman–Crippen MR) is 88.5 cm³/mol. The van der Waals surface area contributed by atoms with Crippen molar-refractivity contribution in [3.05, 3.63) is 28.2 Å². The summed E-state index contributed by atoms with van der Waals surface area (Å²) in [5.74, 6) is 0. The Hall–Kier alpha value is -0.580. The highest BCUT2D eigenvalue weighted by molar-refractivity contribution is 9.10. The van der Waals surface area contributed by atoms with E-state index < -0.39 is 0 Å². The van der Waals surface area contributed by atoms with Gasteiger partial charge in [0.15, 0.2) is 0 Å². The zero-order valence-corrected chi connectivity index (χ0v) is 14.2. The van der Waals surface area contributed by atoms with Crippen LogP contribution in [0.25, 0.3) is 0 Å². The van der Waals surface area contributed by atoms with Crippen LogP contribution in [0.5, 0.6) is 0 Å². The fourth-order valence-corrected chi connectivity index (χ4v) is 3.27. The highest BCUT2D eigenvalue weighted by Crippen LogP contribution is 2.34. The lowest BCUT2D eigenvalue weighted by molar-refractivity contribution is 0.205. The average molecular weight is 341 g/mol. The molecule has 1 aromatic carbocycles. The van der Waals surface area contributed by atoms with Gasteiger partial charge in [-0.15, -0.1) is 0 Å². The molecule has 0 saturated heterocycles. The van der Waals surface area contributed by atoms with Crippen LogP contribution >= 0.6 is 15.9 Å². The van der Waals surface area contributed by atoms with Crippen molar-refractivity contribution in [2.75, 3.05) is 31.7 Å². The van der Waals surface area contributed by atoms with Crippen molar-refractivity contribution in [1.82, 2.24) is 5.32 Å². The largest absolute Gasteiger partial charge is 0.383 e. The van der Waals surface area contributed by atoms with Gasteiger partial charge in [-0.25, -0.2) is 0 Å². The third kappa shape index (κ3) is 3.96. The van der Waals surface area contributed by atoms with Crippen LogP contribution in [0.2, 0.25) is 0 Å². The molecule has 0 aromatic heterocycles. The second-order valence-electron chi connectivity index (χ2n) is 5.40. The van der Waals surface area contributed by atoms with E-state index in [4.69, 9.17) is 4.74 Å². The topological polar surface area (TPSA) is 24.5 Å². The molecule has 1 aliphatic carbocycles. The first-order chi connectivity index (χ1) is 9.67. The molecule has 0 amide bonds. The summed E-state index contributed by atoms with van der Waals surface area (Å²) in [4.78, 5) is 2.47. The Balaban J connectivity index is 2.13. The quantitative estimate of drug-likeness (QED) is 0.780. The molecule has 1 atom stereocenters. The Bertz CT molecular complexity index is 434. The molecule has 20 heavy (non-hydrogen) atoms. The van der Waals surface area contributed by atoms with E-state index in [1.807, 2.05) is 0 Å². The van der Waals surface area contributed by atoms with Gasteiger partial charge in [-0.3, -0.25) is 0 Å². The molecular formula is C16H25BrN2O. The minimum Gasteiger partial charge on any atom is -0.383 e. The first-order valence-electron chi connectivity index (χ1n) is 7.45. The van der Waals surface area contributed by atoms with Crippen LogP contribution < -0.4 is 10.2 Å². The Labute approximate surface area is 130 Å². The molecular weight excluding hydrogens is 316 g/mol. The van der Waals surface area contributed by atoms with E-state index in [0.717, 1.165) is 19.7 Å². The van der Waals surface area contributed by atoms with E-state index in [1.54, 1.807) is 7.11 Å². The average Bonchev–Trinajstić information content (AvgIpc) is 3.24. The number of methoxy groups -OCH3 is 1. The smallest absolute Gasteiger partial charge is 0.0637 e. The van der Waals surface area contributed by atoms with Crippen molar-refractivity contribution in [1.29, 1.82) is 0 Å². The van der Waals surface area contributed by atoms with Crippen LogP contribution in [-0.2, 0) is 4.74 Å². The van der Waals surface area contributed by atoms with Gasteiger partial charge in [0.25, 0.3) is 0 Å². The fraction of sp³-hybridized carbons (Fsp3) is 0.625. The van der Waals surface area contributed by atoms with Crippen LogP contribution in [0.4, 0.5) is 5.69 Å². The number of nitrogens with zero attached hydrogens (tertiary/aromatic N) is 1. The second kappa shape index (κ2) is 7.43. The van der Waals surface area contributed by atoms with Gasteiger partial charge < -0.3 is 15.0 Å². The van der Waals surface area contributed by atoms with Crippen molar-refractivity contribution < 1.29 is 4.74 Å². The number of hydrogen-bond donors (Lipinski definition) is 1. The van der Waals surface area contributed by atoms with Crippen molar-refractivity contribution in [2.24, 2.45) is 0 Å². The van der Waals surface area contributed by atoms with E-state index in [-0.39, 0.29) is 0 Å². The summed E-state index contributed by atoms with van der Waals surface area (Å²) in [6.45, 7) is 7.07. The Morgan fingerprint density at radius 1 is 1.45 bits per heavy atom. The van der Waals surface area contributed by atoms with E-state index in [0.29, 0.717) is 12.1 Å². The summed E-state index contributed by atoms with van der Waals surface area (Å²) in [5.41, 5.74) is 2.61. The lowest BCUT2D eigenvalue weighted by Crippen LogP contribution is -2.29. The molecule has 0 spiro atoms. The Morgan fingerprint density at radius 3 is 2.75 bits per heavy atom. The molecule has 0 radical (unpaired) electrons. The molecule has 112 valence electrons. The third-order valence-corrected chi connectivity index (χ3v) is 4.50. The van der Waals surface area contributed by atoms with E-state index >= 15 is 0 Å². The minimum absolute atomic E-state index is 0.372. The van der Waals surface area contributed by atoms with Gasteiger partial charge in [-0.1, -0.05) is 28.9 Å². The molecule has 1 unspecified atom stereocenters. The molecule has 1 aromatic rings. The highest BCUT2D eigenvalue weighted by Gasteiger charge is 2.29. The van der Waals surface area contributed by atoms with Crippen LogP contribution in [0.15, 0.2) is 22.7 Å². The standard InChI is InChI=1S/C16H25BrN2O/c1-4-18-12(2)15-8-7-14(11-16(15)17)19(9-10-20-3)13-5-6-13/h7-8,11-13,18H,4-6,9-10H2,1-3H3. The summed E-state index contributed by atoms with van der Waals surface area (Å²) >= 11 is 3.73. The van der Waals surface area contributed by atoms with Gasteiger partial charge in [0.05, 0.1) is 6.61 Å². The van der Waals surface area contributed by atoms with Crippen molar-refractivity contribution in [3.8, 4) is 0 Å². The van der Waals surface area contributed by atoms with Gasteiger partial charge in [-0.2, -0.15) is 0 Å². The van der Waals surface area contributed by atoms with E-state index in [9.17, 15) is 0 Å². The molecule has 2 rings (SSSR count). The maximum atomic E-state index is 5.23. The summed E-state index contributed by atoms with van der Waals surface area (Å²) in [6, 6.07) is 7.79. The highest BCUT2D eigenvalue weighted by atomic mass is 79.9. The second-order valence-corrected chi connectivity index (χ2v) is 6.26. The summed E-state index contributed by atoms with van der Waals surface area (Å²) in [7, 11) is 1.77. The number of halogens is 1.